The maximum absolute atomic E-state index is 11.4. The van der Waals surface area contributed by atoms with Gasteiger partial charge in [0.25, 0.3) is 0 Å². The maximum Gasteiger partial charge on any atom is 0.339 e. The van der Waals surface area contributed by atoms with Crippen LogP contribution in [0.4, 0.5) is 0 Å². The van der Waals surface area contributed by atoms with Crippen LogP contribution in [0.25, 0.3) is 5.69 Å². The zero-order chi connectivity index (χ0) is 18.1. The maximum atomic E-state index is 11.4. The van der Waals surface area contributed by atoms with Gasteiger partial charge in [-0.2, -0.15) is 0 Å². The van der Waals surface area contributed by atoms with Crippen LogP contribution >= 0.6 is 0 Å². The van der Waals surface area contributed by atoms with Gasteiger partial charge in [-0.05, 0) is 24.1 Å². The number of carboxylic acid groups (broad SMARTS) is 1. The zero-order valence-electron chi connectivity index (χ0n) is 14.2. The Morgan fingerprint density at radius 1 is 1.12 bits per heavy atom. The summed E-state index contributed by atoms with van der Waals surface area (Å²) in [6, 6.07) is 10.4. The molecule has 26 heavy (non-hydrogen) atoms. The Labute approximate surface area is 150 Å². The van der Waals surface area contributed by atoms with E-state index in [1.54, 1.807) is 18.7 Å². The molecule has 0 saturated heterocycles. The molecule has 0 aliphatic carbocycles. The molecule has 6 nitrogen and oxygen atoms in total. The van der Waals surface area contributed by atoms with E-state index in [9.17, 15) is 9.90 Å². The molecule has 1 aromatic carbocycles. The first-order chi connectivity index (χ1) is 12.6. The molecule has 2 N–H and O–H groups in total. The standard InChI is InChI=1S/C20H18N4O2/c1-14-2-4-15(5-3-14)19(24-9-7-21-13-24)16-6-8-23(12-16)18-11-22-10-17(18)20(25)26/h2-13,19,22H,1H3,(H,25,26). The van der Waals surface area contributed by atoms with E-state index in [2.05, 4.69) is 41.2 Å². The Bertz CT molecular complexity index is 1030. The second-order valence-electron chi connectivity index (χ2n) is 6.23. The quantitative estimate of drug-likeness (QED) is 0.579. The van der Waals surface area contributed by atoms with Crippen LogP contribution in [0.3, 0.4) is 0 Å². The van der Waals surface area contributed by atoms with E-state index in [1.807, 2.05) is 33.8 Å². The number of aromatic amines is 1. The van der Waals surface area contributed by atoms with Crippen LogP contribution in [0.2, 0.25) is 0 Å². The third-order valence-corrected chi connectivity index (χ3v) is 4.48. The minimum absolute atomic E-state index is 0.0356. The molecule has 6 heteroatoms. The van der Waals surface area contributed by atoms with E-state index in [1.165, 1.54) is 11.8 Å². The lowest BCUT2D eigenvalue weighted by Gasteiger charge is -2.18. The molecule has 4 aromatic rings. The number of rotatable bonds is 5. The lowest BCUT2D eigenvalue weighted by atomic mass is 10.00. The highest BCUT2D eigenvalue weighted by atomic mass is 16.4. The lowest BCUT2D eigenvalue weighted by Crippen LogP contribution is -2.10. The van der Waals surface area contributed by atoms with Crippen molar-refractivity contribution in [3.63, 3.8) is 0 Å². The smallest absolute Gasteiger partial charge is 0.339 e. The van der Waals surface area contributed by atoms with Crippen molar-refractivity contribution in [3.05, 3.63) is 96.1 Å². The first-order valence-electron chi connectivity index (χ1n) is 8.26. The van der Waals surface area contributed by atoms with Gasteiger partial charge in [-0.1, -0.05) is 29.8 Å². The molecule has 0 aliphatic rings. The predicted molar refractivity (Wildman–Crippen MR) is 97.7 cm³/mol. The number of carbonyl (C=O) groups is 1. The Kier molecular flexibility index (Phi) is 3.93. The number of aryl methyl sites for hydroxylation is 1. The van der Waals surface area contributed by atoms with E-state index < -0.39 is 5.97 Å². The molecule has 0 fully saturated rings. The normalized spacial score (nSPS) is 12.2. The van der Waals surface area contributed by atoms with Gasteiger partial charge < -0.3 is 19.2 Å². The fourth-order valence-corrected chi connectivity index (χ4v) is 3.17. The first kappa shape index (κ1) is 16.0. The van der Waals surface area contributed by atoms with Crippen molar-refractivity contribution in [1.82, 2.24) is 19.1 Å². The number of H-pyrrole nitrogens is 1. The topological polar surface area (TPSA) is 75.8 Å². The van der Waals surface area contributed by atoms with Crippen molar-refractivity contribution in [2.75, 3.05) is 0 Å². The highest BCUT2D eigenvalue weighted by Gasteiger charge is 2.19. The summed E-state index contributed by atoms with van der Waals surface area (Å²) in [4.78, 5) is 18.4. The van der Waals surface area contributed by atoms with Crippen LogP contribution in [0.1, 0.15) is 33.1 Å². The van der Waals surface area contributed by atoms with Gasteiger partial charge in [-0.25, -0.2) is 9.78 Å². The summed E-state index contributed by atoms with van der Waals surface area (Å²) in [5.74, 6) is -0.957. The molecule has 0 saturated carbocycles. The molecular weight excluding hydrogens is 328 g/mol. The number of hydrogen-bond donors (Lipinski definition) is 2. The summed E-state index contributed by atoms with van der Waals surface area (Å²) >= 11 is 0. The van der Waals surface area contributed by atoms with Gasteiger partial charge in [0.05, 0.1) is 18.1 Å². The molecule has 0 spiro atoms. The lowest BCUT2D eigenvalue weighted by molar-refractivity contribution is 0.0697. The van der Waals surface area contributed by atoms with Crippen LogP contribution in [0.5, 0.6) is 0 Å². The van der Waals surface area contributed by atoms with Crippen LogP contribution in [0.15, 0.2) is 73.8 Å². The van der Waals surface area contributed by atoms with Gasteiger partial charge in [0.1, 0.15) is 5.56 Å². The monoisotopic (exact) mass is 346 g/mol. The minimum atomic E-state index is -0.957. The Morgan fingerprint density at radius 2 is 1.92 bits per heavy atom. The Hall–Kier alpha value is -3.54. The number of hydrogen-bond acceptors (Lipinski definition) is 2. The summed E-state index contributed by atoms with van der Waals surface area (Å²) in [7, 11) is 0. The van der Waals surface area contributed by atoms with Gasteiger partial charge in [0.2, 0.25) is 0 Å². The van der Waals surface area contributed by atoms with Crippen LogP contribution in [0, 0.1) is 6.92 Å². The van der Waals surface area contributed by atoms with E-state index in [0.29, 0.717) is 5.69 Å². The molecule has 0 amide bonds. The van der Waals surface area contributed by atoms with Crippen molar-refractivity contribution in [3.8, 4) is 5.69 Å². The number of imidazole rings is 1. The number of benzene rings is 1. The first-order valence-corrected chi connectivity index (χ1v) is 8.26. The Morgan fingerprint density at radius 3 is 2.62 bits per heavy atom. The molecule has 4 rings (SSSR count). The average molecular weight is 346 g/mol. The molecule has 3 aromatic heterocycles. The van der Waals surface area contributed by atoms with Gasteiger partial charge in [-0.3, -0.25) is 0 Å². The highest BCUT2D eigenvalue weighted by Crippen LogP contribution is 2.28. The minimum Gasteiger partial charge on any atom is -0.478 e. The van der Waals surface area contributed by atoms with Crippen molar-refractivity contribution in [1.29, 1.82) is 0 Å². The van der Waals surface area contributed by atoms with E-state index in [-0.39, 0.29) is 11.6 Å². The molecule has 130 valence electrons. The predicted octanol–water partition coefficient (Wildman–Crippen LogP) is 3.65. The van der Waals surface area contributed by atoms with Crippen molar-refractivity contribution >= 4 is 5.97 Å². The largest absolute Gasteiger partial charge is 0.478 e. The number of nitrogens with zero attached hydrogens (tertiary/aromatic N) is 3. The SMILES string of the molecule is Cc1ccc(C(c2ccn(-c3c[nH]cc3C(=O)O)c2)n2ccnc2)cc1. The van der Waals surface area contributed by atoms with Gasteiger partial charge in [0.15, 0.2) is 0 Å². The van der Waals surface area contributed by atoms with E-state index in [4.69, 9.17) is 0 Å². The summed E-state index contributed by atoms with van der Waals surface area (Å²) in [6.07, 6.45) is 12.5. The van der Waals surface area contributed by atoms with Crippen molar-refractivity contribution in [2.45, 2.75) is 13.0 Å². The molecule has 3 heterocycles. The van der Waals surface area contributed by atoms with Gasteiger partial charge in [0, 0.05) is 37.2 Å². The summed E-state index contributed by atoms with van der Waals surface area (Å²) in [5, 5.41) is 9.34. The van der Waals surface area contributed by atoms with E-state index >= 15 is 0 Å². The summed E-state index contributed by atoms with van der Waals surface area (Å²) in [6.45, 7) is 2.06. The summed E-state index contributed by atoms with van der Waals surface area (Å²) < 4.78 is 3.87. The average Bonchev–Trinajstić information content (AvgIpc) is 3.38. The number of carboxylic acids is 1. The third-order valence-electron chi connectivity index (χ3n) is 4.48. The summed E-state index contributed by atoms with van der Waals surface area (Å²) in [5.41, 5.74) is 4.23. The third kappa shape index (κ3) is 2.82. The molecule has 0 aliphatic heterocycles. The van der Waals surface area contributed by atoms with Crippen LogP contribution < -0.4 is 0 Å². The van der Waals surface area contributed by atoms with Gasteiger partial charge in [-0.15, -0.1) is 0 Å². The van der Waals surface area contributed by atoms with Crippen LogP contribution in [-0.4, -0.2) is 30.2 Å². The van der Waals surface area contributed by atoms with Crippen molar-refractivity contribution < 1.29 is 9.90 Å². The van der Waals surface area contributed by atoms with Gasteiger partial charge >= 0.3 is 5.97 Å². The second kappa shape index (κ2) is 6.40. The van der Waals surface area contributed by atoms with E-state index in [0.717, 1.165) is 11.1 Å². The zero-order valence-corrected chi connectivity index (χ0v) is 14.2. The molecule has 0 bridgehead atoms. The highest BCUT2D eigenvalue weighted by molar-refractivity contribution is 5.91. The molecule has 1 unspecified atom stereocenters. The fraction of sp³-hybridized carbons (Fsp3) is 0.100. The number of nitrogens with one attached hydrogen (secondary N) is 1. The number of aromatic carboxylic acids is 1. The molecule has 0 radical (unpaired) electrons. The van der Waals surface area contributed by atoms with Crippen LogP contribution in [-0.2, 0) is 0 Å². The molecular formula is C20H18N4O2. The fourth-order valence-electron chi connectivity index (χ4n) is 3.17. The molecule has 1 atom stereocenters. The van der Waals surface area contributed by atoms with Crippen molar-refractivity contribution in [2.24, 2.45) is 0 Å². The number of aromatic nitrogens is 4. The Balaban J connectivity index is 1.78. The second-order valence-corrected chi connectivity index (χ2v) is 6.23.